The van der Waals surface area contributed by atoms with Gasteiger partial charge < -0.3 is 9.47 Å². The Kier molecular flexibility index (Phi) is 6.66. The highest BCUT2D eigenvalue weighted by atomic mass is 79.9. The molecule has 23 heavy (non-hydrogen) atoms. The van der Waals surface area contributed by atoms with E-state index in [4.69, 9.17) is 9.29 Å². The lowest BCUT2D eigenvalue weighted by Gasteiger charge is -2.12. The molecule has 0 saturated heterocycles. The molecule has 0 aliphatic rings. The maximum Gasteiger partial charge on any atom is 0.465 e. The molecule has 0 saturated carbocycles. The summed E-state index contributed by atoms with van der Waals surface area (Å²) in [6, 6.07) is 3.04. The molecule has 0 aliphatic carbocycles. The molecular formula is C10H5Br3F2O7S. The van der Waals surface area contributed by atoms with Crippen LogP contribution in [0.15, 0.2) is 25.6 Å². The third-order valence-electron chi connectivity index (χ3n) is 2.06. The fraction of sp³-hybridized carbons (Fsp3) is 0.200. The standard InChI is InChI=1S/C10H5Br3F2O7S/c11-4-1-5(12)8(6(13)2-4)22-7(16)3-21-9(17)10(14,15)23(18,19)20/h1-2H,3H2,(H,18,19,20). The van der Waals surface area contributed by atoms with Crippen molar-refractivity contribution in [3.05, 3.63) is 25.6 Å². The van der Waals surface area contributed by atoms with E-state index in [9.17, 15) is 26.8 Å². The summed E-state index contributed by atoms with van der Waals surface area (Å²) in [4.78, 5) is 22.4. The van der Waals surface area contributed by atoms with Crippen LogP contribution < -0.4 is 4.74 Å². The average molecular weight is 547 g/mol. The highest BCUT2D eigenvalue weighted by Gasteiger charge is 2.54. The number of hydrogen-bond acceptors (Lipinski definition) is 6. The van der Waals surface area contributed by atoms with E-state index in [1.165, 1.54) is 12.1 Å². The van der Waals surface area contributed by atoms with Gasteiger partial charge in [-0.1, -0.05) is 15.9 Å². The summed E-state index contributed by atoms with van der Waals surface area (Å²) >= 11 is 9.34. The minimum Gasteiger partial charge on any atom is -0.448 e. The van der Waals surface area contributed by atoms with Gasteiger partial charge in [-0.25, -0.2) is 9.59 Å². The Morgan fingerprint density at radius 3 is 2.09 bits per heavy atom. The molecule has 0 heterocycles. The van der Waals surface area contributed by atoms with Gasteiger partial charge in [-0.15, -0.1) is 0 Å². The topological polar surface area (TPSA) is 107 Å². The molecular weight excluding hydrogens is 542 g/mol. The molecule has 1 aromatic rings. The SMILES string of the molecule is O=C(COC(=O)C(F)(F)S(=O)(=O)O)Oc1c(Br)cc(Br)cc1Br. The van der Waals surface area contributed by atoms with Gasteiger partial charge in [0, 0.05) is 4.47 Å². The highest BCUT2D eigenvalue weighted by molar-refractivity contribution is 9.11. The van der Waals surface area contributed by atoms with Crippen molar-refractivity contribution < 1.29 is 40.8 Å². The van der Waals surface area contributed by atoms with Gasteiger partial charge in [-0.05, 0) is 44.0 Å². The van der Waals surface area contributed by atoms with E-state index in [1.54, 1.807) is 0 Å². The number of carbonyl (C=O) groups is 2. The normalized spacial score (nSPS) is 11.9. The molecule has 0 bridgehead atoms. The Bertz CT molecular complexity index is 728. The van der Waals surface area contributed by atoms with Gasteiger partial charge in [0.2, 0.25) is 0 Å². The number of ether oxygens (including phenoxy) is 2. The summed E-state index contributed by atoms with van der Waals surface area (Å²) in [5.74, 6) is -3.88. The molecule has 0 aromatic heterocycles. The summed E-state index contributed by atoms with van der Waals surface area (Å²) in [6.45, 7) is -1.29. The van der Waals surface area contributed by atoms with E-state index in [0.29, 0.717) is 13.4 Å². The predicted octanol–water partition coefficient (Wildman–Crippen LogP) is 2.90. The van der Waals surface area contributed by atoms with Gasteiger partial charge in [-0.2, -0.15) is 17.2 Å². The quantitative estimate of drug-likeness (QED) is 0.344. The van der Waals surface area contributed by atoms with E-state index in [-0.39, 0.29) is 5.75 Å². The lowest BCUT2D eigenvalue weighted by molar-refractivity contribution is -0.166. The van der Waals surface area contributed by atoms with Crippen LogP contribution in [-0.2, 0) is 24.4 Å². The average Bonchev–Trinajstić information content (AvgIpc) is 2.38. The van der Waals surface area contributed by atoms with Gasteiger partial charge in [0.25, 0.3) is 0 Å². The number of esters is 2. The maximum absolute atomic E-state index is 12.9. The first-order valence-electron chi connectivity index (χ1n) is 5.23. The van der Waals surface area contributed by atoms with Crippen LogP contribution in [0.3, 0.4) is 0 Å². The molecule has 0 unspecified atom stereocenters. The van der Waals surface area contributed by atoms with E-state index in [1.807, 2.05) is 0 Å². The zero-order valence-electron chi connectivity index (χ0n) is 10.6. The third kappa shape index (κ3) is 5.17. The monoisotopic (exact) mass is 544 g/mol. The van der Waals surface area contributed by atoms with Crippen LogP contribution in [0.4, 0.5) is 8.78 Å². The van der Waals surface area contributed by atoms with Gasteiger partial charge in [-0.3, -0.25) is 4.55 Å². The fourth-order valence-corrected chi connectivity index (χ4v) is 3.77. The van der Waals surface area contributed by atoms with Crippen molar-refractivity contribution in [3.8, 4) is 5.75 Å². The van der Waals surface area contributed by atoms with Gasteiger partial charge in [0.1, 0.15) is 0 Å². The first-order chi connectivity index (χ1) is 10.4. The molecule has 1 aromatic carbocycles. The van der Waals surface area contributed by atoms with E-state index >= 15 is 0 Å². The van der Waals surface area contributed by atoms with Gasteiger partial charge >= 0.3 is 27.3 Å². The van der Waals surface area contributed by atoms with E-state index < -0.39 is 33.9 Å². The molecule has 7 nitrogen and oxygen atoms in total. The second kappa shape index (κ2) is 7.51. The van der Waals surface area contributed by atoms with Crippen molar-refractivity contribution in [2.75, 3.05) is 6.61 Å². The lowest BCUT2D eigenvalue weighted by atomic mass is 10.3. The number of rotatable bonds is 5. The molecule has 13 heteroatoms. The Morgan fingerprint density at radius 1 is 1.17 bits per heavy atom. The summed E-state index contributed by atoms with van der Waals surface area (Å²) in [5, 5.41) is -5.19. The molecule has 1 N–H and O–H groups in total. The van der Waals surface area contributed by atoms with Gasteiger partial charge in [0.05, 0.1) is 8.95 Å². The number of benzene rings is 1. The molecule has 0 fully saturated rings. The van der Waals surface area contributed by atoms with E-state index in [2.05, 4.69) is 52.5 Å². The second-order valence-electron chi connectivity index (χ2n) is 3.74. The first-order valence-corrected chi connectivity index (χ1v) is 9.05. The summed E-state index contributed by atoms with van der Waals surface area (Å²) in [6.07, 6.45) is 0. The Labute approximate surface area is 153 Å². The van der Waals surface area contributed by atoms with Crippen LogP contribution in [0.2, 0.25) is 0 Å². The zero-order valence-corrected chi connectivity index (χ0v) is 16.1. The smallest absolute Gasteiger partial charge is 0.448 e. The predicted molar refractivity (Wildman–Crippen MR) is 82.6 cm³/mol. The van der Waals surface area contributed by atoms with Crippen LogP contribution >= 0.6 is 47.8 Å². The Balaban J connectivity index is 2.75. The minimum atomic E-state index is -6.01. The molecule has 0 spiro atoms. The summed E-state index contributed by atoms with van der Waals surface area (Å²) < 4.78 is 64.5. The fourth-order valence-electron chi connectivity index (χ4n) is 1.08. The van der Waals surface area contributed by atoms with Crippen LogP contribution in [0.5, 0.6) is 5.75 Å². The molecule has 0 atom stereocenters. The molecule has 1 rings (SSSR count). The van der Waals surface area contributed by atoms with Crippen LogP contribution in [-0.4, -0.2) is 36.8 Å². The van der Waals surface area contributed by atoms with Crippen molar-refractivity contribution >= 4 is 69.8 Å². The zero-order chi connectivity index (χ0) is 18.0. The van der Waals surface area contributed by atoms with Crippen molar-refractivity contribution in [1.82, 2.24) is 0 Å². The molecule has 0 radical (unpaired) electrons. The lowest BCUT2D eigenvalue weighted by Crippen LogP contribution is -2.40. The maximum atomic E-state index is 12.9. The first kappa shape index (κ1) is 20.4. The number of alkyl halides is 2. The van der Waals surface area contributed by atoms with Gasteiger partial charge in [0.15, 0.2) is 12.4 Å². The molecule has 128 valence electrons. The van der Waals surface area contributed by atoms with Crippen LogP contribution in [0.25, 0.3) is 0 Å². The van der Waals surface area contributed by atoms with Crippen molar-refractivity contribution in [3.63, 3.8) is 0 Å². The molecule has 0 amide bonds. The molecule has 0 aliphatic heterocycles. The second-order valence-corrected chi connectivity index (χ2v) is 7.83. The van der Waals surface area contributed by atoms with Crippen LogP contribution in [0.1, 0.15) is 0 Å². The van der Waals surface area contributed by atoms with Crippen LogP contribution in [0, 0.1) is 0 Å². The van der Waals surface area contributed by atoms with Crippen molar-refractivity contribution in [1.29, 1.82) is 0 Å². The third-order valence-corrected chi connectivity index (χ3v) is 4.51. The number of hydrogen-bond donors (Lipinski definition) is 1. The highest BCUT2D eigenvalue weighted by Crippen LogP contribution is 2.36. The number of halogens is 5. The van der Waals surface area contributed by atoms with Crippen molar-refractivity contribution in [2.45, 2.75) is 5.25 Å². The van der Waals surface area contributed by atoms with Crippen molar-refractivity contribution in [2.24, 2.45) is 0 Å². The Hall–Kier alpha value is -0.630. The Morgan fingerprint density at radius 2 is 1.65 bits per heavy atom. The summed E-state index contributed by atoms with van der Waals surface area (Å²) in [7, 11) is -6.01. The largest absolute Gasteiger partial charge is 0.465 e. The number of carbonyl (C=O) groups excluding carboxylic acids is 2. The minimum absolute atomic E-state index is 0.0178. The summed E-state index contributed by atoms with van der Waals surface area (Å²) in [5.41, 5.74) is 0. The van der Waals surface area contributed by atoms with E-state index in [0.717, 1.165) is 0 Å².